The zero-order valence-electron chi connectivity index (χ0n) is 16.1. The van der Waals surface area contributed by atoms with Gasteiger partial charge in [-0.3, -0.25) is 9.69 Å². The minimum Gasteiger partial charge on any atom is -0.352 e. The summed E-state index contributed by atoms with van der Waals surface area (Å²) < 4.78 is 38.5. The molecule has 1 aromatic heterocycles. The van der Waals surface area contributed by atoms with Crippen molar-refractivity contribution >= 4 is 5.91 Å². The van der Waals surface area contributed by atoms with Crippen LogP contribution in [0.3, 0.4) is 0 Å². The zero-order valence-corrected chi connectivity index (χ0v) is 16.1. The molecule has 2 aromatic rings. The Kier molecular flexibility index (Phi) is 5.63. The molecular formula is C21H25F3N4O. The van der Waals surface area contributed by atoms with Gasteiger partial charge in [0.15, 0.2) is 0 Å². The molecule has 0 spiro atoms. The average molecular weight is 406 g/mol. The molecule has 8 heteroatoms. The molecule has 2 heterocycles. The van der Waals surface area contributed by atoms with E-state index in [-0.39, 0.29) is 18.0 Å². The van der Waals surface area contributed by atoms with E-state index in [1.165, 1.54) is 18.6 Å². The number of rotatable bonds is 4. The average Bonchev–Trinajstić information content (AvgIpc) is 3.15. The molecule has 1 aliphatic heterocycles. The van der Waals surface area contributed by atoms with E-state index in [1.54, 1.807) is 6.33 Å². The van der Waals surface area contributed by atoms with Crippen molar-refractivity contribution in [1.82, 2.24) is 20.2 Å². The van der Waals surface area contributed by atoms with Crippen LogP contribution in [0.2, 0.25) is 0 Å². The predicted molar refractivity (Wildman–Crippen MR) is 102 cm³/mol. The Morgan fingerprint density at radius 1 is 1.17 bits per heavy atom. The monoisotopic (exact) mass is 406 g/mol. The second kappa shape index (κ2) is 8.18. The number of carbonyl (C=O) groups excluding carboxylic acids is 1. The Hall–Kier alpha value is -2.35. The number of carbonyl (C=O) groups is 1. The molecule has 1 aliphatic carbocycles. The van der Waals surface area contributed by atoms with E-state index >= 15 is 0 Å². The molecule has 2 aliphatic rings. The number of nitrogens with one attached hydrogen (secondary N) is 2. The maximum absolute atomic E-state index is 13.0. The van der Waals surface area contributed by atoms with Crippen LogP contribution in [0, 0.1) is 0 Å². The highest BCUT2D eigenvalue weighted by Gasteiger charge is 2.34. The summed E-state index contributed by atoms with van der Waals surface area (Å²) in [4.78, 5) is 22.5. The fourth-order valence-corrected chi connectivity index (χ4v) is 4.29. The lowest BCUT2D eigenvalue weighted by molar-refractivity contribution is -0.137. The predicted octanol–water partition coefficient (Wildman–Crippen LogP) is 3.80. The van der Waals surface area contributed by atoms with Crippen LogP contribution in [-0.2, 0) is 30.5 Å². The van der Waals surface area contributed by atoms with Crippen molar-refractivity contribution in [2.45, 2.75) is 69.9 Å². The Morgan fingerprint density at radius 3 is 2.59 bits per heavy atom. The Balaban J connectivity index is 1.50. The van der Waals surface area contributed by atoms with Crippen molar-refractivity contribution < 1.29 is 18.0 Å². The largest absolute Gasteiger partial charge is 0.416 e. The first-order chi connectivity index (χ1) is 13.9. The number of fused-ring (bicyclic) bond motifs is 1. The Morgan fingerprint density at radius 2 is 1.90 bits per heavy atom. The van der Waals surface area contributed by atoms with Crippen LogP contribution < -0.4 is 5.32 Å². The number of H-pyrrole nitrogens is 1. The van der Waals surface area contributed by atoms with E-state index in [0.29, 0.717) is 19.5 Å². The van der Waals surface area contributed by atoms with E-state index in [0.717, 1.165) is 54.8 Å². The van der Waals surface area contributed by atoms with E-state index in [1.807, 2.05) is 4.90 Å². The molecule has 0 radical (unpaired) electrons. The number of hydrogen-bond acceptors (Lipinski definition) is 3. The van der Waals surface area contributed by atoms with Gasteiger partial charge in [0.05, 0.1) is 29.3 Å². The van der Waals surface area contributed by atoms with Gasteiger partial charge in [-0.15, -0.1) is 0 Å². The van der Waals surface area contributed by atoms with Crippen LogP contribution in [0.15, 0.2) is 30.6 Å². The highest BCUT2D eigenvalue weighted by molar-refractivity contribution is 5.82. The first-order valence-electron chi connectivity index (χ1n) is 10.1. The molecular weight excluding hydrogens is 381 g/mol. The molecule has 1 atom stereocenters. The summed E-state index contributed by atoms with van der Waals surface area (Å²) in [5.74, 6) is -0.0162. The summed E-state index contributed by atoms with van der Waals surface area (Å²) in [6.45, 7) is 0.915. The maximum Gasteiger partial charge on any atom is 0.416 e. The lowest BCUT2D eigenvalue weighted by Gasteiger charge is -2.35. The highest BCUT2D eigenvalue weighted by Crippen LogP contribution is 2.30. The first-order valence-corrected chi connectivity index (χ1v) is 10.1. The third-order valence-corrected chi connectivity index (χ3v) is 5.92. The van der Waals surface area contributed by atoms with Crippen molar-refractivity contribution in [2.24, 2.45) is 0 Å². The molecule has 1 fully saturated rings. The number of amides is 1. The van der Waals surface area contributed by atoms with Gasteiger partial charge >= 0.3 is 6.18 Å². The molecule has 1 unspecified atom stereocenters. The van der Waals surface area contributed by atoms with E-state index in [4.69, 9.17) is 0 Å². The summed E-state index contributed by atoms with van der Waals surface area (Å²) in [6.07, 6.45) is 3.27. The van der Waals surface area contributed by atoms with Gasteiger partial charge in [0, 0.05) is 25.6 Å². The highest BCUT2D eigenvalue weighted by atomic mass is 19.4. The SMILES string of the molecule is O=C(NC1CCCCC1)C1Cc2nc[nH]c2CN1Cc1ccc(C(F)(F)F)cc1. The number of alkyl halides is 3. The second-order valence-corrected chi connectivity index (χ2v) is 7.99. The van der Waals surface area contributed by atoms with Gasteiger partial charge in [-0.25, -0.2) is 4.98 Å². The molecule has 1 saturated carbocycles. The lowest BCUT2D eigenvalue weighted by Crippen LogP contribution is -2.52. The third kappa shape index (κ3) is 4.63. The van der Waals surface area contributed by atoms with Crippen LogP contribution in [-0.4, -0.2) is 32.9 Å². The molecule has 1 aromatic carbocycles. The van der Waals surface area contributed by atoms with Crippen LogP contribution in [0.5, 0.6) is 0 Å². The Labute approximate surface area is 167 Å². The van der Waals surface area contributed by atoms with Crippen molar-refractivity contribution in [3.05, 3.63) is 53.1 Å². The van der Waals surface area contributed by atoms with Crippen molar-refractivity contribution in [3.63, 3.8) is 0 Å². The maximum atomic E-state index is 13.0. The second-order valence-electron chi connectivity index (χ2n) is 7.99. The molecule has 5 nitrogen and oxygen atoms in total. The van der Waals surface area contributed by atoms with Gasteiger partial charge in [0.1, 0.15) is 0 Å². The van der Waals surface area contributed by atoms with Gasteiger partial charge in [0.2, 0.25) is 5.91 Å². The number of aromatic nitrogens is 2. The molecule has 1 amide bonds. The summed E-state index contributed by atoms with van der Waals surface area (Å²) >= 11 is 0. The molecule has 2 N–H and O–H groups in total. The van der Waals surface area contributed by atoms with Crippen molar-refractivity contribution in [2.75, 3.05) is 0 Å². The Bertz CT molecular complexity index is 840. The standard InChI is InChI=1S/C21H25F3N4O/c22-21(23,24)15-8-6-14(7-9-15)11-28-12-18-17(25-13-26-18)10-19(28)20(29)27-16-4-2-1-3-5-16/h6-9,13,16,19H,1-5,10-12H2,(H,25,26)(H,27,29). The molecule has 0 saturated heterocycles. The van der Waals surface area contributed by atoms with E-state index in [9.17, 15) is 18.0 Å². The lowest BCUT2D eigenvalue weighted by atomic mass is 9.94. The summed E-state index contributed by atoms with van der Waals surface area (Å²) in [7, 11) is 0. The minimum atomic E-state index is -4.35. The van der Waals surface area contributed by atoms with Crippen LogP contribution in [0.4, 0.5) is 13.2 Å². The van der Waals surface area contributed by atoms with E-state index < -0.39 is 11.7 Å². The third-order valence-electron chi connectivity index (χ3n) is 5.92. The minimum absolute atomic E-state index is 0.0162. The van der Waals surface area contributed by atoms with Crippen molar-refractivity contribution in [1.29, 1.82) is 0 Å². The van der Waals surface area contributed by atoms with Gasteiger partial charge in [-0.05, 0) is 30.5 Å². The normalized spacial score (nSPS) is 21.0. The van der Waals surface area contributed by atoms with Gasteiger partial charge in [0.25, 0.3) is 0 Å². The van der Waals surface area contributed by atoms with Gasteiger partial charge < -0.3 is 10.3 Å². The number of imidazole rings is 1. The number of halogens is 3. The zero-order chi connectivity index (χ0) is 20.4. The molecule has 0 bridgehead atoms. The molecule has 29 heavy (non-hydrogen) atoms. The fourth-order valence-electron chi connectivity index (χ4n) is 4.29. The van der Waals surface area contributed by atoms with Crippen LogP contribution >= 0.6 is 0 Å². The quantitative estimate of drug-likeness (QED) is 0.812. The van der Waals surface area contributed by atoms with E-state index in [2.05, 4.69) is 15.3 Å². The number of aromatic amines is 1. The first kappa shape index (κ1) is 19.9. The number of hydrogen-bond donors (Lipinski definition) is 2. The van der Waals surface area contributed by atoms with Gasteiger partial charge in [-0.2, -0.15) is 13.2 Å². The number of benzene rings is 1. The summed E-state index contributed by atoms with van der Waals surface area (Å²) in [5.41, 5.74) is 1.93. The van der Waals surface area contributed by atoms with Crippen LogP contribution in [0.1, 0.15) is 54.6 Å². The smallest absolute Gasteiger partial charge is 0.352 e. The fraction of sp³-hybridized carbons (Fsp3) is 0.524. The summed E-state index contributed by atoms with van der Waals surface area (Å²) in [6, 6.07) is 5.00. The molecule has 156 valence electrons. The topological polar surface area (TPSA) is 61.0 Å². The molecule has 4 rings (SSSR count). The summed E-state index contributed by atoms with van der Waals surface area (Å²) in [5, 5.41) is 3.19. The van der Waals surface area contributed by atoms with Gasteiger partial charge in [-0.1, -0.05) is 31.4 Å². The van der Waals surface area contributed by atoms with Crippen LogP contribution in [0.25, 0.3) is 0 Å². The van der Waals surface area contributed by atoms with Crippen molar-refractivity contribution in [3.8, 4) is 0 Å². The number of nitrogens with zero attached hydrogens (tertiary/aromatic N) is 2.